The molecule has 0 bridgehead atoms. The molecule has 5 nitrogen and oxygen atoms in total. The van der Waals surface area contributed by atoms with Gasteiger partial charge in [-0.3, -0.25) is 4.79 Å². The van der Waals surface area contributed by atoms with Crippen molar-refractivity contribution in [1.82, 2.24) is 5.32 Å². The van der Waals surface area contributed by atoms with Crippen molar-refractivity contribution in [3.05, 3.63) is 22.6 Å². The third kappa shape index (κ3) is 2.90. The van der Waals surface area contributed by atoms with Gasteiger partial charge in [0.15, 0.2) is 20.3 Å². The smallest absolute Gasteiger partial charge is 0.287 e. The Morgan fingerprint density at radius 2 is 2.24 bits per heavy atom. The highest BCUT2D eigenvalue weighted by Crippen LogP contribution is 2.23. The Morgan fingerprint density at radius 1 is 1.53 bits per heavy atom. The second kappa shape index (κ2) is 4.13. The molecular weight excluding hydrogens is 310 g/mol. The molecule has 1 fully saturated rings. The summed E-state index contributed by atoms with van der Waals surface area (Å²) in [7, 11) is -3.03. The van der Waals surface area contributed by atoms with Crippen molar-refractivity contribution in [2.75, 3.05) is 11.5 Å². The van der Waals surface area contributed by atoms with Gasteiger partial charge >= 0.3 is 0 Å². The van der Waals surface area contributed by atoms with E-state index in [9.17, 15) is 13.2 Å². The first-order valence-electron chi connectivity index (χ1n) is 5.08. The molecule has 1 aromatic heterocycles. The summed E-state index contributed by atoms with van der Waals surface area (Å²) in [5.74, 6) is -0.128. The number of rotatable bonds is 2. The minimum absolute atomic E-state index is 0.0202. The lowest BCUT2D eigenvalue weighted by atomic mass is 10.0. The predicted octanol–water partition coefficient (Wildman–Crippen LogP) is 1.35. The Kier molecular flexibility index (Phi) is 3.07. The molecule has 2 rings (SSSR count). The second-order valence-electron chi connectivity index (χ2n) is 4.46. The molecule has 1 amide bonds. The maximum absolute atomic E-state index is 11.8. The van der Waals surface area contributed by atoms with E-state index in [1.807, 2.05) is 0 Å². The van der Waals surface area contributed by atoms with Crippen LogP contribution in [0.1, 0.15) is 23.9 Å². The largest absolute Gasteiger partial charge is 0.444 e. The number of carbonyl (C=O) groups is 1. The summed E-state index contributed by atoms with van der Waals surface area (Å²) in [5.41, 5.74) is -0.699. The van der Waals surface area contributed by atoms with Crippen molar-refractivity contribution >= 4 is 31.7 Å². The van der Waals surface area contributed by atoms with Crippen molar-refractivity contribution in [3.8, 4) is 0 Å². The molecule has 0 saturated carbocycles. The SMILES string of the molecule is CC1(NC(=O)c2ccc(Br)o2)CCS(=O)(=O)C1. The van der Waals surface area contributed by atoms with Crippen LogP contribution in [0.15, 0.2) is 21.2 Å². The van der Waals surface area contributed by atoms with Gasteiger partial charge in [-0.25, -0.2) is 8.42 Å². The van der Waals surface area contributed by atoms with Gasteiger partial charge in [0.05, 0.1) is 17.0 Å². The maximum Gasteiger partial charge on any atom is 0.287 e. The van der Waals surface area contributed by atoms with Crippen LogP contribution in [0.3, 0.4) is 0 Å². The molecule has 94 valence electrons. The number of sulfone groups is 1. The van der Waals surface area contributed by atoms with Crippen LogP contribution >= 0.6 is 15.9 Å². The summed E-state index contributed by atoms with van der Waals surface area (Å²) >= 11 is 3.10. The average Bonchev–Trinajstić information content (AvgIpc) is 2.71. The fourth-order valence-corrected chi connectivity index (χ4v) is 4.28. The lowest BCUT2D eigenvalue weighted by Gasteiger charge is -2.22. The molecule has 0 spiro atoms. The van der Waals surface area contributed by atoms with Gasteiger partial charge in [-0.05, 0) is 41.4 Å². The predicted molar refractivity (Wildman–Crippen MR) is 65.6 cm³/mol. The van der Waals surface area contributed by atoms with E-state index in [1.165, 1.54) is 6.07 Å². The van der Waals surface area contributed by atoms with Crippen LogP contribution in [-0.2, 0) is 9.84 Å². The van der Waals surface area contributed by atoms with E-state index in [0.717, 1.165) is 0 Å². The number of hydrogen-bond donors (Lipinski definition) is 1. The molecule has 1 aliphatic rings. The van der Waals surface area contributed by atoms with Gasteiger partial charge in [-0.1, -0.05) is 0 Å². The minimum atomic E-state index is -3.03. The van der Waals surface area contributed by atoms with E-state index in [2.05, 4.69) is 21.2 Å². The fourth-order valence-electron chi connectivity index (χ4n) is 1.88. The highest BCUT2D eigenvalue weighted by atomic mass is 79.9. The van der Waals surface area contributed by atoms with E-state index in [1.54, 1.807) is 13.0 Å². The second-order valence-corrected chi connectivity index (χ2v) is 7.43. The first-order valence-corrected chi connectivity index (χ1v) is 7.69. The van der Waals surface area contributed by atoms with E-state index in [4.69, 9.17) is 4.42 Å². The third-order valence-electron chi connectivity index (χ3n) is 2.72. The number of furan rings is 1. The summed E-state index contributed by atoms with van der Waals surface area (Å²) in [5, 5.41) is 2.71. The van der Waals surface area contributed by atoms with E-state index in [0.29, 0.717) is 11.1 Å². The Bertz CT molecular complexity index is 550. The number of halogens is 1. The first-order chi connectivity index (χ1) is 7.80. The summed E-state index contributed by atoms with van der Waals surface area (Å²) in [6.45, 7) is 1.73. The monoisotopic (exact) mass is 321 g/mol. The zero-order valence-corrected chi connectivity index (χ0v) is 11.6. The molecular formula is C10H12BrNO4S. The normalized spacial score (nSPS) is 26.9. The highest BCUT2D eigenvalue weighted by molar-refractivity contribution is 9.10. The molecule has 17 heavy (non-hydrogen) atoms. The molecule has 2 heterocycles. The van der Waals surface area contributed by atoms with Gasteiger partial charge in [0.1, 0.15) is 0 Å². The van der Waals surface area contributed by atoms with Crippen molar-refractivity contribution < 1.29 is 17.6 Å². The molecule has 1 N–H and O–H groups in total. The molecule has 0 aromatic carbocycles. The van der Waals surface area contributed by atoms with Crippen LogP contribution in [0, 0.1) is 0 Å². The van der Waals surface area contributed by atoms with Crippen LogP contribution in [0.5, 0.6) is 0 Å². The van der Waals surface area contributed by atoms with Crippen LogP contribution < -0.4 is 5.32 Å². The van der Waals surface area contributed by atoms with Gasteiger partial charge in [-0.2, -0.15) is 0 Å². The zero-order valence-electron chi connectivity index (χ0n) is 9.20. The maximum atomic E-state index is 11.8. The minimum Gasteiger partial charge on any atom is -0.444 e. The molecule has 0 radical (unpaired) electrons. The van der Waals surface area contributed by atoms with Crippen LogP contribution in [0.2, 0.25) is 0 Å². The van der Waals surface area contributed by atoms with Gasteiger partial charge in [0, 0.05) is 0 Å². The number of carbonyl (C=O) groups excluding carboxylic acids is 1. The van der Waals surface area contributed by atoms with Crippen molar-refractivity contribution in [3.63, 3.8) is 0 Å². The van der Waals surface area contributed by atoms with Gasteiger partial charge in [-0.15, -0.1) is 0 Å². The van der Waals surface area contributed by atoms with Gasteiger partial charge < -0.3 is 9.73 Å². The summed E-state index contributed by atoms with van der Waals surface area (Å²) in [6, 6.07) is 3.15. The Labute approximate surface area is 108 Å². The standard InChI is InChI=1S/C10H12BrNO4S/c1-10(4-5-17(14,15)6-10)12-9(13)7-2-3-8(11)16-7/h2-3H,4-6H2,1H3,(H,12,13). The molecule has 1 unspecified atom stereocenters. The first kappa shape index (κ1) is 12.6. The van der Waals surface area contributed by atoms with E-state index in [-0.39, 0.29) is 17.3 Å². The van der Waals surface area contributed by atoms with Crippen molar-refractivity contribution in [2.45, 2.75) is 18.9 Å². The van der Waals surface area contributed by atoms with Crippen LogP contribution in [-0.4, -0.2) is 31.4 Å². The topological polar surface area (TPSA) is 76.4 Å². The third-order valence-corrected chi connectivity index (χ3v) is 5.04. The van der Waals surface area contributed by atoms with Gasteiger partial charge in [0.2, 0.25) is 0 Å². The summed E-state index contributed by atoms with van der Waals surface area (Å²) in [6.07, 6.45) is 0.433. The molecule has 1 aliphatic heterocycles. The summed E-state index contributed by atoms with van der Waals surface area (Å²) in [4.78, 5) is 11.8. The average molecular weight is 322 g/mol. The van der Waals surface area contributed by atoms with E-state index < -0.39 is 21.3 Å². The van der Waals surface area contributed by atoms with E-state index >= 15 is 0 Å². The number of nitrogens with one attached hydrogen (secondary N) is 1. The Hall–Kier alpha value is -0.820. The number of hydrogen-bond acceptors (Lipinski definition) is 4. The number of amides is 1. The molecule has 1 aromatic rings. The Morgan fingerprint density at radius 3 is 2.71 bits per heavy atom. The van der Waals surface area contributed by atoms with Crippen molar-refractivity contribution in [2.24, 2.45) is 0 Å². The fraction of sp³-hybridized carbons (Fsp3) is 0.500. The molecule has 1 atom stereocenters. The van der Waals surface area contributed by atoms with Crippen molar-refractivity contribution in [1.29, 1.82) is 0 Å². The lowest BCUT2D eigenvalue weighted by molar-refractivity contribution is 0.0885. The highest BCUT2D eigenvalue weighted by Gasteiger charge is 2.39. The zero-order chi connectivity index (χ0) is 12.7. The molecule has 7 heteroatoms. The summed E-state index contributed by atoms with van der Waals surface area (Å²) < 4.78 is 28.3. The lowest BCUT2D eigenvalue weighted by Crippen LogP contribution is -2.46. The van der Waals surface area contributed by atoms with Crippen LogP contribution in [0.4, 0.5) is 0 Å². The molecule has 0 aliphatic carbocycles. The molecule has 1 saturated heterocycles. The van der Waals surface area contributed by atoms with Gasteiger partial charge in [0.25, 0.3) is 5.91 Å². The Balaban J connectivity index is 2.10. The quantitative estimate of drug-likeness (QED) is 0.892. The van der Waals surface area contributed by atoms with Crippen LogP contribution in [0.25, 0.3) is 0 Å².